The van der Waals surface area contributed by atoms with E-state index in [1.165, 1.54) is 19.4 Å². The van der Waals surface area contributed by atoms with E-state index >= 15 is 0 Å². The molecule has 0 fully saturated rings. The first-order valence-corrected chi connectivity index (χ1v) is 4.50. The average molecular weight is 225 g/mol. The zero-order valence-corrected chi connectivity index (χ0v) is 8.91. The zero-order valence-electron chi connectivity index (χ0n) is 8.10. The number of ether oxygens (including phenoxy) is 1. The fraction of sp³-hybridized carbons (Fsp3) is 0.111. The highest BCUT2D eigenvalue weighted by atomic mass is 32.1. The number of rotatable bonds is 3. The van der Waals surface area contributed by atoms with Gasteiger partial charge in [0.25, 0.3) is 0 Å². The van der Waals surface area contributed by atoms with Crippen LogP contribution in [0, 0.1) is 0 Å². The summed E-state index contributed by atoms with van der Waals surface area (Å²) in [5.74, 6) is 0.648. The van der Waals surface area contributed by atoms with Crippen LogP contribution in [0.1, 0.15) is 5.56 Å². The third-order valence-corrected chi connectivity index (χ3v) is 1.71. The molecule has 4 N–H and O–H groups in total. The highest BCUT2D eigenvalue weighted by Crippen LogP contribution is 2.21. The van der Waals surface area contributed by atoms with E-state index in [9.17, 15) is 5.11 Å². The third-order valence-electron chi connectivity index (χ3n) is 1.62. The molecule has 0 amide bonds. The molecule has 0 saturated carbocycles. The van der Waals surface area contributed by atoms with Crippen LogP contribution < -0.4 is 15.9 Å². The summed E-state index contributed by atoms with van der Waals surface area (Å²) in [7, 11) is 1.52. The maximum atomic E-state index is 9.52. The van der Waals surface area contributed by atoms with Gasteiger partial charge in [0, 0.05) is 11.6 Å². The average Bonchev–Trinajstić information content (AvgIpc) is 2.20. The SMILES string of the molecule is COc1ccc(/C=N/NC(N)=S)c(O)c1. The zero-order chi connectivity index (χ0) is 11.3. The molecule has 0 spiro atoms. The highest BCUT2D eigenvalue weighted by molar-refractivity contribution is 7.80. The molecule has 1 aromatic carbocycles. The molecule has 1 rings (SSSR count). The summed E-state index contributed by atoms with van der Waals surface area (Å²) in [6.45, 7) is 0. The lowest BCUT2D eigenvalue weighted by Crippen LogP contribution is -2.23. The lowest BCUT2D eigenvalue weighted by Gasteiger charge is -2.02. The summed E-state index contributed by atoms with van der Waals surface area (Å²) in [5.41, 5.74) is 8.09. The van der Waals surface area contributed by atoms with Crippen LogP contribution in [0.4, 0.5) is 0 Å². The summed E-state index contributed by atoms with van der Waals surface area (Å²) >= 11 is 4.55. The van der Waals surface area contributed by atoms with Crippen molar-refractivity contribution in [3.8, 4) is 11.5 Å². The van der Waals surface area contributed by atoms with Crippen molar-refractivity contribution < 1.29 is 9.84 Å². The summed E-state index contributed by atoms with van der Waals surface area (Å²) in [4.78, 5) is 0. The van der Waals surface area contributed by atoms with E-state index in [1.807, 2.05) is 0 Å². The molecule has 0 aliphatic rings. The van der Waals surface area contributed by atoms with Gasteiger partial charge in [0.05, 0.1) is 13.3 Å². The van der Waals surface area contributed by atoms with Gasteiger partial charge in [-0.2, -0.15) is 5.10 Å². The minimum absolute atomic E-state index is 0.0688. The van der Waals surface area contributed by atoms with Crippen molar-refractivity contribution in [2.75, 3.05) is 7.11 Å². The Morgan fingerprint density at radius 2 is 2.40 bits per heavy atom. The minimum Gasteiger partial charge on any atom is -0.507 e. The smallest absolute Gasteiger partial charge is 0.184 e. The van der Waals surface area contributed by atoms with Crippen molar-refractivity contribution in [2.45, 2.75) is 0 Å². The molecule has 0 bridgehead atoms. The van der Waals surface area contributed by atoms with E-state index in [2.05, 4.69) is 22.7 Å². The van der Waals surface area contributed by atoms with Crippen LogP contribution in [0.25, 0.3) is 0 Å². The third kappa shape index (κ3) is 3.43. The second kappa shape index (κ2) is 5.16. The van der Waals surface area contributed by atoms with E-state index in [4.69, 9.17) is 10.5 Å². The summed E-state index contributed by atoms with van der Waals surface area (Å²) in [5, 5.41) is 13.3. The van der Waals surface area contributed by atoms with Gasteiger partial charge < -0.3 is 15.6 Å². The summed E-state index contributed by atoms with van der Waals surface area (Å²) in [6.07, 6.45) is 1.41. The molecule has 0 atom stereocenters. The van der Waals surface area contributed by atoms with Crippen molar-refractivity contribution >= 4 is 23.5 Å². The Balaban J connectivity index is 2.78. The summed E-state index contributed by atoms with van der Waals surface area (Å²) in [6, 6.07) is 4.86. The number of nitrogens with one attached hydrogen (secondary N) is 1. The molecule has 5 nitrogen and oxygen atoms in total. The van der Waals surface area contributed by atoms with Crippen molar-refractivity contribution in [3.63, 3.8) is 0 Å². The van der Waals surface area contributed by atoms with Crippen molar-refractivity contribution in [2.24, 2.45) is 10.8 Å². The quantitative estimate of drug-likeness (QED) is 0.398. The highest BCUT2D eigenvalue weighted by Gasteiger charge is 1.99. The van der Waals surface area contributed by atoms with Crippen molar-refractivity contribution in [3.05, 3.63) is 23.8 Å². The lowest BCUT2D eigenvalue weighted by molar-refractivity contribution is 0.407. The number of hydrogen-bond acceptors (Lipinski definition) is 4. The van der Waals surface area contributed by atoms with Gasteiger partial charge in [-0.3, -0.25) is 5.43 Å². The van der Waals surface area contributed by atoms with Crippen LogP contribution in [-0.2, 0) is 0 Å². The Morgan fingerprint density at radius 3 is 2.93 bits per heavy atom. The Hall–Kier alpha value is -1.82. The second-order valence-electron chi connectivity index (χ2n) is 2.66. The van der Waals surface area contributed by atoms with E-state index in [0.717, 1.165) is 0 Å². The van der Waals surface area contributed by atoms with Gasteiger partial charge in [-0.1, -0.05) is 0 Å². The van der Waals surface area contributed by atoms with Gasteiger partial charge in [0.1, 0.15) is 11.5 Å². The molecular weight excluding hydrogens is 214 g/mol. The number of aromatic hydroxyl groups is 1. The number of thiocarbonyl (C=S) groups is 1. The molecule has 80 valence electrons. The van der Waals surface area contributed by atoms with Gasteiger partial charge >= 0.3 is 0 Å². The Morgan fingerprint density at radius 1 is 1.67 bits per heavy atom. The number of hydrogen-bond donors (Lipinski definition) is 3. The fourth-order valence-corrected chi connectivity index (χ4v) is 0.978. The molecule has 0 saturated heterocycles. The van der Waals surface area contributed by atoms with Gasteiger partial charge in [-0.25, -0.2) is 0 Å². The second-order valence-corrected chi connectivity index (χ2v) is 3.10. The Bertz CT molecular complexity index is 393. The van der Waals surface area contributed by atoms with Crippen LogP contribution in [-0.4, -0.2) is 23.5 Å². The number of phenols is 1. The van der Waals surface area contributed by atoms with Gasteiger partial charge in [-0.05, 0) is 24.4 Å². The molecule has 6 heteroatoms. The first-order chi connectivity index (χ1) is 7.13. The first-order valence-electron chi connectivity index (χ1n) is 4.09. The number of nitrogens with two attached hydrogens (primary N) is 1. The molecule has 0 aliphatic carbocycles. The van der Waals surface area contributed by atoms with Gasteiger partial charge in [-0.15, -0.1) is 0 Å². The predicted octanol–water partition coefficient (Wildman–Crippen LogP) is 0.568. The lowest BCUT2D eigenvalue weighted by atomic mass is 10.2. The largest absolute Gasteiger partial charge is 0.507 e. The van der Waals surface area contributed by atoms with Crippen LogP contribution in [0.2, 0.25) is 0 Å². The number of phenolic OH excluding ortho intramolecular Hbond substituents is 1. The number of benzene rings is 1. The normalized spacial score (nSPS) is 10.2. The van der Waals surface area contributed by atoms with Crippen LogP contribution in [0.5, 0.6) is 11.5 Å². The monoisotopic (exact) mass is 225 g/mol. The Kier molecular flexibility index (Phi) is 3.87. The molecule has 0 aliphatic heterocycles. The molecule has 15 heavy (non-hydrogen) atoms. The van der Waals surface area contributed by atoms with E-state index in [1.54, 1.807) is 12.1 Å². The van der Waals surface area contributed by atoms with E-state index in [-0.39, 0.29) is 10.9 Å². The maximum absolute atomic E-state index is 9.52. The van der Waals surface area contributed by atoms with Crippen molar-refractivity contribution in [1.29, 1.82) is 0 Å². The van der Waals surface area contributed by atoms with Gasteiger partial charge in [0.15, 0.2) is 5.11 Å². The number of hydrazone groups is 1. The molecule has 0 heterocycles. The Labute approximate surface area is 92.5 Å². The minimum atomic E-state index is 0.0688. The van der Waals surface area contributed by atoms with E-state index in [0.29, 0.717) is 11.3 Å². The summed E-state index contributed by atoms with van der Waals surface area (Å²) < 4.78 is 4.93. The molecule has 1 aromatic rings. The van der Waals surface area contributed by atoms with Crippen molar-refractivity contribution in [1.82, 2.24) is 5.43 Å². The number of nitrogens with zero attached hydrogens (tertiary/aromatic N) is 1. The van der Waals surface area contributed by atoms with Crippen LogP contribution in [0.3, 0.4) is 0 Å². The molecule has 0 unspecified atom stereocenters. The van der Waals surface area contributed by atoms with Gasteiger partial charge in [0.2, 0.25) is 0 Å². The predicted molar refractivity (Wildman–Crippen MR) is 62.2 cm³/mol. The standard InChI is InChI=1S/C9H11N3O2S/c1-14-7-3-2-6(8(13)4-7)5-11-12-9(10)15/h2-5,13H,1H3,(H3,10,12,15)/b11-5+. The molecule has 0 radical (unpaired) electrons. The fourth-order valence-electron chi connectivity index (χ4n) is 0.925. The molecular formula is C9H11N3O2S. The van der Waals surface area contributed by atoms with Crippen LogP contribution in [0.15, 0.2) is 23.3 Å². The van der Waals surface area contributed by atoms with E-state index < -0.39 is 0 Å². The number of methoxy groups -OCH3 is 1. The van der Waals surface area contributed by atoms with Crippen LogP contribution >= 0.6 is 12.2 Å². The molecule has 0 aromatic heterocycles. The maximum Gasteiger partial charge on any atom is 0.184 e. The topological polar surface area (TPSA) is 79.9 Å². The first kappa shape index (κ1) is 11.3.